The first-order valence-electron chi connectivity index (χ1n) is 7.22. The fourth-order valence-electron chi connectivity index (χ4n) is 2.28. The summed E-state index contributed by atoms with van der Waals surface area (Å²) in [6.07, 6.45) is 0.270. The van der Waals surface area contributed by atoms with E-state index in [0.29, 0.717) is 11.4 Å². The summed E-state index contributed by atoms with van der Waals surface area (Å²) in [6.45, 7) is 3.83. The van der Waals surface area contributed by atoms with E-state index in [9.17, 15) is 5.11 Å². The van der Waals surface area contributed by atoms with Gasteiger partial charge in [0, 0.05) is 18.1 Å². The average Bonchev–Trinajstić information content (AvgIpc) is 2.48. The summed E-state index contributed by atoms with van der Waals surface area (Å²) >= 11 is 5.86. The van der Waals surface area contributed by atoms with Crippen LogP contribution < -0.4 is 0 Å². The maximum absolute atomic E-state index is 10.2. The van der Waals surface area contributed by atoms with Crippen molar-refractivity contribution in [3.05, 3.63) is 70.2 Å². The van der Waals surface area contributed by atoms with Gasteiger partial charge in [0.2, 0.25) is 0 Å². The van der Waals surface area contributed by atoms with E-state index >= 15 is 0 Å². The van der Waals surface area contributed by atoms with E-state index in [0.717, 1.165) is 18.7 Å². The second-order valence-electron chi connectivity index (χ2n) is 5.58. The second kappa shape index (κ2) is 7.60. The molecule has 0 aliphatic carbocycles. The zero-order chi connectivity index (χ0) is 15.2. The van der Waals surface area contributed by atoms with Gasteiger partial charge in [-0.1, -0.05) is 53.6 Å². The largest absolute Gasteiger partial charge is 0.388 e. The topological polar surface area (TPSA) is 23.5 Å². The van der Waals surface area contributed by atoms with Crippen LogP contribution in [0.2, 0.25) is 5.02 Å². The molecule has 0 spiro atoms. The lowest BCUT2D eigenvalue weighted by atomic mass is 10.1. The van der Waals surface area contributed by atoms with Gasteiger partial charge in [-0.25, -0.2) is 0 Å². The fraction of sp³-hybridized carbons (Fsp3) is 0.333. The van der Waals surface area contributed by atoms with E-state index in [4.69, 9.17) is 11.6 Å². The highest BCUT2D eigenvalue weighted by Gasteiger charge is 2.09. The SMILES string of the molecule is Cc1ccc(CN(C)CCC(O)c2ccc(Cl)cc2)cc1. The van der Waals surface area contributed by atoms with Crippen LogP contribution in [0.1, 0.15) is 29.2 Å². The smallest absolute Gasteiger partial charge is 0.0802 e. The predicted octanol–water partition coefficient (Wildman–Crippen LogP) is 4.20. The van der Waals surface area contributed by atoms with Gasteiger partial charge >= 0.3 is 0 Å². The van der Waals surface area contributed by atoms with Crippen LogP contribution in [0.15, 0.2) is 48.5 Å². The van der Waals surface area contributed by atoms with Crippen molar-refractivity contribution in [3.8, 4) is 0 Å². The molecule has 0 radical (unpaired) electrons. The molecule has 1 unspecified atom stereocenters. The number of aryl methyl sites for hydroxylation is 1. The van der Waals surface area contributed by atoms with Crippen molar-refractivity contribution in [1.82, 2.24) is 4.90 Å². The average molecular weight is 304 g/mol. The summed E-state index contributed by atoms with van der Waals surface area (Å²) < 4.78 is 0. The third-order valence-electron chi connectivity index (χ3n) is 3.61. The Bertz CT molecular complexity index is 550. The monoisotopic (exact) mass is 303 g/mol. The third kappa shape index (κ3) is 5.16. The van der Waals surface area contributed by atoms with Gasteiger partial charge in [-0.3, -0.25) is 0 Å². The molecular weight excluding hydrogens is 282 g/mol. The van der Waals surface area contributed by atoms with Crippen LogP contribution in [0.3, 0.4) is 0 Å². The van der Waals surface area contributed by atoms with Gasteiger partial charge in [-0.05, 0) is 43.7 Å². The molecule has 21 heavy (non-hydrogen) atoms. The molecule has 0 aliphatic rings. The number of hydrogen-bond donors (Lipinski definition) is 1. The second-order valence-corrected chi connectivity index (χ2v) is 6.02. The summed E-state index contributed by atoms with van der Waals surface area (Å²) in [7, 11) is 2.08. The fourth-order valence-corrected chi connectivity index (χ4v) is 2.40. The van der Waals surface area contributed by atoms with Crippen LogP contribution in [-0.4, -0.2) is 23.6 Å². The Kier molecular flexibility index (Phi) is 5.80. The molecule has 3 heteroatoms. The summed E-state index contributed by atoms with van der Waals surface area (Å²) in [4.78, 5) is 2.23. The van der Waals surface area contributed by atoms with Crippen LogP contribution in [0.4, 0.5) is 0 Å². The van der Waals surface area contributed by atoms with Gasteiger partial charge < -0.3 is 10.0 Å². The molecule has 0 bridgehead atoms. The molecule has 0 aliphatic heterocycles. The molecule has 0 saturated carbocycles. The zero-order valence-electron chi connectivity index (χ0n) is 12.6. The van der Waals surface area contributed by atoms with Gasteiger partial charge in [-0.15, -0.1) is 0 Å². The van der Waals surface area contributed by atoms with Crippen molar-refractivity contribution in [1.29, 1.82) is 0 Å². The Balaban J connectivity index is 1.81. The molecule has 0 fully saturated rings. The summed E-state index contributed by atoms with van der Waals surface area (Å²) in [5.41, 5.74) is 3.49. The number of hydrogen-bond acceptors (Lipinski definition) is 2. The number of nitrogens with zero attached hydrogens (tertiary/aromatic N) is 1. The highest BCUT2D eigenvalue weighted by Crippen LogP contribution is 2.19. The maximum atomic E-state index is 10.2. The standard InChI is InChI=1S/C18H22ClNO/c1-14-3-5-15(6-4-14)13-20(2)12-11-18(21)16-7-9-17(19)10-8-16/h3-10,18,21H,11-13H2,1-2H3. The van der Waals surface area contributed by atoms with E-state index in [2.05, 4.69) is 43.1 Å². The predicted molar refractivity (Wildman–Crippen MR) is 88.5 cm³/mol. The first kappa shape index (κ1) is 16.0. The van der Waals surface area contributed by atoms with Gasteiger partial charge in [0.1, 0.15) is 0 Å². The van der Waals surface area contributed by atoms with E-state index in [-0.39, 0.29) is 0 Å². The molecule has 0 heterocycles. The molecule has 112 valence electrons. The molecule has 0 aromatic heterocycles. The molecule has 0 saturated heterocycles. The van der Waals surface area contributed by atoms with Gasteiger partial charge in [0.25, 0.3) is 0 Å². The minimum absolute atomic E-state index is 0.442. The first-order valence-corrected chi connectivity index (χ1v) is 7.60. The van der Waals surface area contributed by atoms with Gasteiger partial charge in [0.05, 0.1) is 6.10 Å². The minimum atomic E-state index is -0.442. The molecule has 0 amide bonds. The van der Waals surface area contributed by atoms with Crippen LogP contribution in [-0.2, 0) is 6.54 Å². The summed E-state index contributed by atoms with van der Waals surface area (Å²) in [5.74, 6) is 0. The number of halogens is 1. The Morgan fingerprint density at radius 1 is 1.05 bits per heavy atom. The quantitative estimate of drug-likeness (QED) is 0.864. The minimum Gasteiger partial charge on any atom is -0.388 e. The molecule has 1 N–H and O–H groups in total. The lowest BCUT2D eigenvalue weighted by Crippen LogP contribution is -2.20. The third-order valence-corrected chi connectivity index (χ3v) is 3.86. The van der Waals surface area contributed by atoms with Gasteiger partial charge in [0.15, 0.2) is 0 Å². The van der Waals surface area contributed by atoms with Crippen LogP contribution in [0.25, 0.3) is 0 Å². The highest BCUT2D eigenvalue weighted by atomic mass is 35.5. The lowest BCUT2D eigenvalue weighted by molar-refractivity contribution is 0.147. The van der Waals surface area contributed by atoms with Crippen molar-refractivity contribution < 1.29 is 5.11 Å². The lowest BCUT2D eigenvalue weighted by Gasteiger charge is -2.19. The molecular formula is C18H22ClNO. The Hall–Kier alpha value is -1.35. The molecule has 2 rings (SSSR count). The number of aliphatic hydroxyl groups excluding tert-OH is 1. The first-order chi connectivity index (χ1) is 10.0. The van der Waals surface area contributed by atoms with Crippen molar-refractivity contribution in [3.63, 3.8) is 0 Å². The molecule has 2 aromatic carbocycles. The normalized spacial score (nSPS) is 12.6. The van der Waals surface area contributed by atoms with E-state index in [1.54, 1.807) is 0 Å². The number of benzene rings is 2. The van der Waals surface area contributed by atoms with Crippen molar-refractivity contribution in [2.24, 2.45) is 0 Å². The number of aliphatic hydroxyl groups is 1. The Labute approximate surface area is 132 Å². The van der Waals surface area contributed by atoms with Crippen molar-refractivity contribution >= 4 is 11.6 Å². The Morgan fingerprint density at radius 3 is 2.29 bits per heavy atom. The highest BCUT2D eigenvalue weighted by molar-refractivity contribution is 6.30. The van der Waals surface area contributed by atoms with Crippen LogP contribution in [0, 0.1) is 6.92 Å². The van der Waals surface area contributed by atoms with Gasteiger partial charge in [-0.2, -0.15) is 0 Å². The summed E-state index contributed by atoms with van der Waals surface area (Å²) in [6, 6.07) is 16.0. The molecule has 2 aromatic rings. The van der Waals surface area contributed by atoms with Crippen LogP contribution >= 0.6 is 11.6 Å². The Morgan fingerprint density at radius 2 is 1.67 bits per heavy atom. The van der Waals surface area contributed by atoms with E-state index < -0.39 is 6.10 Å². The van der Waals surface area contributed by atoms with E-state index in [1.165, 1.54) is 11.1 Å². The molecule has 1 atom stereocenters. The maximum Gasteiger partial charge on any atom is 0.0802 e. The van der Waals surface area contributed by atoms with Crippen molar-refractivity contribution in [2.45, 2.75) is 26.0 Å². The van der Waals surface area contributed by atoms with E-state index in [1.807, 2.05) is 24.3 Å². The van der Waals surface area contributed by atoms with Crippen LogP contribution in [0.5, 0.6) is 0 Å². The van der Waals surface area contributed by atoms with Crippen molar-refractivity contribution in [2.75, 3.05) is 13.6 Å². The zero-order valence-corrected chi connectivity index (χ0v) is 13.3. The number of rotatable bonds is 6. The summed E-state index contributed by atoms with van der Waals surface area (Å²) in [5, 5.41) is 10.9. The molecule has 2 nitrogen and oxygen atoms in total.